The van der Waals surface area contributed by atoms with Crippen LogP contribution in [0.25, 0.3) is 0 Å². The average Bonchev–Trinajstić information content (AvgIpc) is 2.85. The smallest absolute Gasteiger partial charge is 0.339 e. The van der Waals surface area contributed by atoms with E-state index in [1.165, 1.54) is 0 Å². The molecule has 24 heavy (non-hydrogen) atoms. The first kappa shape index (κ1) is 15.9. The lowest BCUT2D eigenvalue weighted by atomic mass is 10.1. The summed E-state index contributed by atoms with van der Waals surface area (Å²) in [5, 5.41) is 0. The molecular weight excluding hydrogens is 310 g/mol. The van der Waals surface area contributed by atoms with Crippen molar-refractivity contribution in [1.29, 1.82) is 0 Å². The van der Waals surface area contributed by atoms with Crippen LogP contribution in [0, 0.1) is 0 Å². The highest BCUT2D eigenvalue weighted by molar-refractivity contribution is 6.21. The second-order valence-electron chi connectivity index (χ2n) is 5.27. The van der Waals surface area contributed by atoms with Crippen LogP contribution in [-0.4, -0.2) is 36.5 Å². The van der Waals surface area contributed by atoms with Gasteiger partial charge in [-0.25, -0.2) is 9.69 Å². The Kier molecular flexibility index (Phi) is 4.39. The van der Waals surface area contributed by atoms with Crippen molar-refractivity contribution in [3.05, 3.63) is 70.8 Å². The summed E-state index contributed by atoms with van der Waals surface area (Å²) in [7, 11) is 1.59. The van der Waals surface area contributed by atoms with Crippen LogP contribution in [-0.2, 0) is 16.1 Å². The molecule has 3 rings (SSSR count). The zero-order chi connectivity index (χ0) is 17.1. The van der Waals surface area contributed by atoms with Gasteiger partial charge in [0, 0.05) is 7.11 Å². The lowest BCUT2D eigenvalue weighted by Gasteiger charge is -2.14. The molecule has 0 saturated carbocycles. The van der Waals surface area contributed by atoms with Gasteiger partial charge in [-0.1, -0.05) is 24.3 Å². The highest BCUT2D eigenvalue weighted by Crippen LogP contribution is 2.22. The number of hydrogen-bond donors (Lipinski definition) is 0. The normalized spacial score (nSPS) is 13.1. The monoisotopic (exact) mass is 325 g/mol. The molecule has 0 aliphatic carbocycles. The van der Waals surface area contributed by atoms with Gasteiger partial charge in [0.1, 0.15) is 0 Å². The number of imide groups is 1. The van der Waals surface area contributed by atoms with Gasteiger partial charge in [-0.15, -0.1) is 0 Å². The van der Waals surface area contributed by atoms with Gasteiger partial charge in [0.2, 0.25) is 0 Å². The molecule has 2 aromatic carbocycles. The number of esters is 1. The number of nitrogens with zero attached hydrogens (tertiary/aromatic N) is 1. The van der Waals surface area contributed by atoms with Crippen molar-refractivity contribution >= 4 is 17.8 Å². The van der Waals surface area contributed by atoms with E-state index in [4.69, 9.17) is 9.47 Å². The summed E-state index contributed by atoms with van der Waals surface area (Å²) in [6.07, 6.45) is 0. The molecule has 0 saturated heterocycles. The Labute approximate surface area is 138 Å². The fraction of sp³-hybridized carbons (Fsp3) is 0.167. The molecule has 1 heterocycles. The lowest BCUT2D eigenvalue weighted by molar-refractivity contribution is 0.0228. The first-order valence-corrected chi connectivity index (χ1v) is 7.32. The van der Waals surface area contributed by atoms with Gasteiger partial charge in [-0.3, -0.25) is 9.59 Å². The number of ether oxygens (including phenoxy) is 2. The van der Waals surface area contributed by atoms with E-state index < -0.39 is 24.5 Å². The minimum absolute atomic E-state index is 0.322. The van der Waals surface area contributed by atoms with E-state index in [0.29, 0.717) is 23.3 Å². The van der Waals surface area contributed by atoms with E-state index in [1.54, 1.807) is 55.6 Å². The molecule has 122 valence electrons. The van der Waals surface area contributed by atoms with E-state index in [1.807, 2.05) is 0 Å². The van der Waals surface area contributed by atoms with E-state index in [9.17, 15) is 14.4 Å². The summed E-state index contributed by atoms with van der Waals surface area (Å²) in [6.45, 7) is 0.0371. The minimum atomic E-state index is -0.601. The largest absolute Gasteiger partial charge is 0.440 e. The molecule has 0 bridgehead atoms. The highest BCUT2D eigenvalue weighted by atomic mass is 16.5. The van der Waals surface area contributed by atoms with Crippen molar-refractivity contribution in [3.8, 4) is 0 Å². The number of methoxy groups -OCH3 is 1. The van der Waals surface area contributed by atoms with Crippen molar-refractivity contribution in [3.63, 3.8) is 0 Å². The van der Waals surface area contributed by atoms with Crippen LogP contribution in [0.4, 0.5) is 0 Å². The molecule has 0 unspecified atom stereocenters. The number of rotatable bonds is 5. The van der Waals surface area contributed by atoms with Crippen LogP contribution in [0.1, 0.15) is 36.6 Å². The Hall–Kier alpha value is -2.99. The zero-order valence-corrected chi connectivity index (χ0v) is 13.0. The van der Waals surface area contributed by atoms with E-state index in [2.05, 4.69) is 0 Å². The summed E-state index contributed by atoms with van der Waals surface area (Å²) in [6, 6.07) is 13.2. The Balaban J connectivity index is 1.65. The number of carbonyl (C=O) groups excluding carboxylic acids is 3. The molecule has 0 fully saturated rings. The van der Waals surface area contributed by atoms with Gasteiger partial charge in [0.25, 0.3) is 11.8 Å². The number of hydrogen-bond acceptors (Lipinski definition) is 5. The first-order valence-electron chi connectivity index (χ1n) is 7.32. The average molecular weight is 325 g/mol. The quantitative estimate of drug-likeness (QED) is 0.623. The highest BCUT2D eigenvalue weighted by Gasteiger charge is 2.35. The van der Waals surface area contributed by atoms with E-state index in [-0.39, 0.29) is 0 Å². The summed E-state index contributed by atoms with van der Waals surface area (Å²) in [5.41, 5.74) is 1.91. The molecule has 0 atom stereocenters. The molecule has 6 nitrogen and oxygen atoms in total. The third-order valence-corrected chi connectivity index (χ3v) is 3.70. The molecular formula is C18H15NO5. The maximum Gasteiger partial charge on any atom is 0.339 e. The van der Waals surface area contributed by atoms with Crippen LogP contribution in [0.15, 0.2) is 48.5 Å². The fourth-order valence-electron chi connectivity index (χ4n) is 2.47. The van der Waals surface area contributed by atoms with Crippen molar-refractivity contribution in [2.75, 3.05) is 13.8 Å². The number of benzene rings is 2. The molecule has 0 spiro atoms. The third kappa shape index (κ3) is 2.91. The van der Waals surface area contributed by atoms with Crippen molar-refractivity contribution in [2.45, 2.75) is 6.61 Å². The zero-order valence-electron chi connectivity index (χ0n) is 13.0. The van der Waals surface area contributed by atoms with Crippen LogP contribution in [0.3, 0.4) is 0 Å². The number of fused-ring (bicyclic) bond motifs is 1. The molecule has 6 heteroatoms. The molecule has 1 aliphatic heterocycles. The van der Waals surface area contributed by atoms with Gasteiger partial charge in [-0.2, -0.15) is 0 Å². The topological polar surface area (TPSA) is 72.9 Å². The summed E-state index contributed by atoms with van der Waals surface area (Å²) in [4.78, 5) is 37.3. The van der Waals surface area contributed by atoms with Gasteiger partial charge in [0.15, 0.2) is 6.73 Å². The Morgan fingerprint density at radius 1 is 0.958 bits per heavy atom. The van der Waals surface area contributed by atoms with Crippen molar-refractivity contribution in [1.82, 2.24) is 4.90 Å². The van der Waals surface area contributed by atoms with Crippen LogP contribution in [0.5, 0.6) is 0 Å². The van der Waals surface area contributed by atoms with Crippen LogP contribution >= 0.6 is 0 Å². The fourth-order valence-corrected chi connectivity index (χ4v) is 2.47. The van der Waals surface area contributed by atoms with Crippen LogP contribution < -0.4 is 0 Å². The van der Waals surface area contributed by atoms with Gasteiger partial charge in [-0.05, 0) is 29.8 Å². The van der Waals surface area contributed by atoms with E-state index >= 15 is 0 Å². The molecule has 1 aliphatic rings. The van der Waals surface area contributed by atoms with Gasteiger partial charge < -0.3 is 9.47 Å². The molecule has 0 N–H and O–H groups in total. The minimum Gasteiger partial charge on any atom is -0.440 e. The first-order chi connectivity index (χ1) is 11.6. The predicted octanol–water partition coefficient (Wildman–Crippen LogP) is 2.24. The summed E-state index contributed by atoms with van der Waals surface area (Å²) < 4.78 is 10.1. The standard InChI is InChI=1S/C18H15NO5/c1-23-10-12-6-8-13(9-7-12)18(22)24-11-19-16(20)14-4-2-3-5-15(14)17(19)21/h2-9H,10-11H2,1H3. The Bertz CT molecular complexity index is 762. The second-order valence-corrected chi connectivity index (χ2v) is 5.27. The molecule has 2 amide bonds. The Morgan fingerprint density at radius 2 is 1.54 bits per heavy atom. The van der Waals surface area contributed by atoms with Crippen molar-refractivity contribution < 1.29 is 23.9 Å². The molecule has 0 aromatic heterocycles. The third-order valence-electron chi connectivity index (χ3n) is 3.70. The molecule has 0 radical (unpaired) electrons. The maximum atomic E-state index is 12.2. The summed E-state index contributed by atoms with van der Waals surface area (Å²) >= 11 is 0. The van der Waals surface area contributed by atoms with Gasteiger partial charge in [0.05, 0.1) is 23.3 Å². The SMILES string of the molecule is COCc1ccc(C(=O)OCN2C(=O)c3ccccc3C2=O)cc1. The Morgan fingerprint density at radius 3 is 2.08 bits per heavy atom. The maximum absolute atomic E-state index is 12.2. The van der Waals surface area contributed by atoms with E-state index in [0.717, 1.165) is 10.5 Å². The van der Waals surface area contributed by atoms with Crippen molar-refractivity contribution in [2.24, 2.45) is 0 Å². The second kappa shape index (κ2) is 6.64. The number of amides is 2. The molecule has 2 aromatic rings. The summed E-state index contributed by atoms with van der Waals surface area (Å²) in [5.74, 6) is -1.52. The number of carbonyl (C=O) groups is 3. The van der Waals surface area contributed by atoms with Gasteiger partial charge >= 0.3 is 5.97 Å². The van der Waals surface area contributed by atoms with Crippen LogP contribution in [0.2, 0.25) is 0 Å². The lowest BCUT2D eigenvalue weighted by Crippen LogP contribution is -2.33. The predicted molar refractivity (Wildman–Crippen MR) is 84.4 cm³/mol.